The van der Waals surface area contributed by atoms with Crippen LogP contribution in [0.2, 0.25) is 0 Å². The zero-order valence-electron chi connectivity index (χ0n) is 10.9. The molecule has 0 aromatic heterocycles. The van der Waals surface area contributed by atoms with E-state index >= 15 is 0 Å². The summed E-state index contributed by atoms with van der Waals surface area (Å²) in [4.78, 5) is 0. The van der Waals surface area contributed by atoms with Gasteiger partial charge < -0.3 is 4.74 Å². The van der Waals surface area contributed by atoms with Gasteiger partial charge in [-0.2, -0.15) is 5.10 Å². The van der Waals surface area contributed by atoms with Gasteiger partial charge in [0.1, 0.15) is 5.75 Å². The van der Waals surface area contributed by atoms with Crippen molar-refractivity contribution in [3.05, 3.63) is 58.6 Å². The molecule has 0 spiro atoms. The summed E-state index contributed by atoms with van der Waals surface area (Å²) in [5.74, 6) is 0.831. The van der Waals surface area contributed by atoms with E-state index in [0.717, 1.165) is 27.2 Å². The lowest BCUT2D eigenvalue weighted by molar-refractivity contribution is 0.415. The van der Waals surface area contributed by atoms with Gasteiger partial charge in [0.05, 0.1) is 18.5 Å². The van der Waals surface area contributed by atoms with Gasteiger partial charge in [-0.25, -0.2) is 0 Å². The fourth-order valence-corrected chi connectivity index (χ4v) is 2.20. The average Bonchev–Trinajstić information content (AvgIpc) is 2.46. The molecule has 0 saturated carbocycles. The van der Waals surface area contributed by atoms with Crippen LogP contribution in [-0.4, -0.2) is 12.8 Å². The minimum absolute atomic E-state index is 0.831. The normalized spacial score (nSPS) is 11.2. The molecule has 4 heteroatoms. The number of hydrogen-bond donors (Lipinski definition) is 1. The van der Waals surface area contributed by atoms with Gasteiger partial charge in [0.2, 0.25) is 0 Å². The highest BCUT2D eigenvalue weighted by Gasteiger charge is 2.01. The Morgan fingerprint density at radius 2 is 1.79 bits per heavy atom. The number of rotatable bonds is 4. The number of hydrazone groups is 1. The Morgan fingerprint density at radius 1 is 1.11 bits per heavy atom. The topological polar surface area (TPSA) is 33.6 Å². The number of nitrogens with zero attached hydrogens (tertiary/aromatic N) is 1. The number of nitrogens with one attached hydrogen (secondary N) is 1. The molecule has 19 heavy (non-hydrogen) atoms. The molecule has 3 nitrogen and oxygen atoms in total. The molecule has 0 atom stereocenters. The number of hydrogen-bond acceptors (Lipinski definition) is 3. The summed E-state index contributed by atoms with van der Waals surface area (Å²) in [6.45, 7) is 1.97. The van der Waals surface area contributed by atoms with Gasteiger partial charge in [-0.3, -0.25) is 5.43 Å². The molecule has 2 aromatic carbocycles. The Labute approximate surface area is 121 Å². The van der Waals surface area contributed by atoms with E-state index in [1.165, 1.54) is 0 Å². The Morgan fingerprint density at radius 3 is 2.42 bits per heavy atom. The Hall–Kier alpha value is -1.81. The first kappa shape index (κ1) is 13.6. The molecule has 0 aliphatic rings. The minimum atomic E-state index is 0.831. The van der Waals surface area contributed by atoms with Crippen LogP contribution in [0.1, 0.15) is 12.5 Å². The van der Waals surface area contributed by atoms with Crippen molar-refractivity contribution in [3.63, 3.8) is 0 Å². The van der Waals surface area contributed by atoms with Crippen LogP contribution in [0.4, 0.5) is 5.69 Å². The molecule has 0 aliphatic heterocycles. The molecule has 98 valence electrons. The molecule has 0 heterocycles. The van der Waals surface area contributed by atoms with E-state index in [2.05, 4.69) is 26.5 Å². The van der Waals surface area contributed by atoms with Crippen LogP contribution in [-0.2, 0) is 0 Å². The fourth-order valence-electron chi connectivity index (χ4n) is 1.63. The number of ether oxygens (including phenoxy) is 1. The maximum Gasteiger partial charge on any atom is 0.119 e. The van der Waals surface area contributed by atoms with Crippen molar-refractivity contribution in [2.24, 2.45) is 5.10 Å². The Balaban J connectivity index is 2.11. The van der Waals surface area contributed by atoms with Gasteiger partial charge in [0, 0.05) is 10.0 Å². The van der Waals surface area contributed by atoms with E-state index in [4.69, 9.17) is 4.74 Å². The third kappa shape index (κ3) is 3.58. The van der Waals surface area contributed by atoms with Gasteiger partial charge >= 0.3 is 0 Å². The van der Waals surface area contributed by atoms with Gasteiger partial charge in [0.15, 0.2) is 0 Å². The van der Waals surface area contributed by atoms with Crippen LogP contribution in [0.3, 0.4) is 0 Å². The molecule has 0 amide bonds. The first-order valence-corrected chi connectivity index (χ1v) is 6.69. The summed E-state index contributed by atoms with van der Waals surface area (Å²) in [7, 11) is 1.65. The van der Waals surface area contributed by atoms with Crippen LogP contribution in [0, 0.1) is 0 Å². The third-order valence-electron chi connectivity index (χ3n) is 2.71. The second kappa shape index (κ2) is 6.38. The van der Waals surface area contributed by atoms with E-state index in [0.29, 0.717) is 0 Å². The molecular formula is C15H15BrN2O. The Bertz CT molecular complexity index is 579. The van der Waals surface area contributed by atoms with E-state index in [1.54, 1.807) is 7.11 Å². The summed E-state index contributed by atoms with van der Waals surface area (Å²) >= 11 is 3.52. The molecule has 0 unspecified atom stereocenters. The van der Waals surface area contributed by atoms with Crippen molar-refractivity contribution in [1.29, 1.82) is 0 Å². The van der Waals surface area contributed by atoms with Crippen molar-refractivity contribution in [3.8, 4) is 5.75 Å². The summed E-state index contributed by atoms with van der Waals surface area (Å²) in [5, 5.41) is 4.38. The zero-order valence-corrected chi connectivity index (χ0v) is 12.4. The fraction of sp³-hybridized carbons (Fsp3) is 0.133. The first-order chi connectivity index (χ1) is 9.20. The van der Waals surface area contributed by atoms with Crippen LogP contribution < -0.4 is 10.2 Å². The molecule has 0 fully saturated rings. The highest BCUT2D eigenvalue weighted by Crippen LogP contribution is 2.18. The number of benzene rings is 2. The second-order valence-corrected chi connectivity index (χ2v) is 4.87. The van der Waals surface area contributed by atoms with Crippen LogP contribution in [0.5, 0.6) is 5.75 Å². The highest BCUT2D eigenvalue weighted by molar-refractivity contribution is 9.10. The van der Waals surface area contributed by atoms with Crippen molar-refractivity contribution in [2.45, 2.75) is 6.92 Å². The number of methoxy groups -OCH3 is 1. The van der Waals surface area contributed by atoms with Gasteiger partial charge in [-0.05, 0) is 37.3 Å². The summed E-state index contributed by atoms with van der Waals surface area (Å²) in [5.41, 5.74) is 5.95. The summed E-state index contributed by atoms with van der Waals surface area (Å²) < 4.78 is 6.15. The minimum Gasteiger partial charge on any atom is -0.497 e. The lowest BCUT2D eigenvalue weighted by Gasteiger charge is -2.06. The molecule has 0 aliphatic carbocycles. The maximum atomic E-state index is 5.11. The summed E-state index contributed by atoms with van der Waals surface area (Å²) in [6, 6.07) is 15.6. The molecule has 1 N–H and O–H groups in total. The van der Waals surface area contributed by atoms with E-state index < -0.39 is 0 Å². The van der Waals surface area contributed by atoms with E-state index in [-0.39, 0.29) is 0 Å². The van der Waals surface area contributed by atoms with Crippen molar-refractivity contribution in [1.82, 2.24) is 0 Å². The standard InChI is InChI=1S/C15H15BrN2O/c1-11(14-5-3-4-6-15(14)16)17-18-12-7-9-13(19-2)10-8-12/h3-10,18H,1-2H3. The third-order valence-corrected chi connectivity index (χ3v) is 3.40. The van der Waals surface area contributed by atoms with Gasteiger partial charge in [-0.1, -0.05) is 34.1 Å². The lowest BCUT2D eigenvalue weighted by Crippen LogP contribution is -2.00. The predicted octanol–water partition coefficient (Wildman–Crippen LogP) is 4.29. The molecule has 2 aromatic rings. The average molecular weight is 319 g/mol. The smallest absolute Gasteiger partial charge is 0.119 e. The molecule has 0 bridgehead atoms. The molecule has 0 radical (unpaired) electrons. The van der Waals surface area contributed by atoms with Crippen molar-refractivity contribution in [2.75, 3.05) is 12.5 Å². The zero-order chi connectivity index (χ0) is 13.7. The number of anilines is 1. The molecular weight excluding hydrogens is 304 g/mol. The first-order valence-electron chi connectivity index (χ1n) is 5.90. The SMILES string of the molecule is COc1ccc(NN=C(C)c2ccccc2Br)cc1. The van der Waals surface area contributed by atoms with Crippen LogP contribution in [0.25, 0.3) is 0 Å². The molecule has 0 saturated heterocycles. The molecule has 2 rings (SSSR count). The highest BCUT2D eigenvalue weighted by atomic mass is 79.9. The lowest BCUT2D eigenvalue weighted by atomic mass is 10.1. The van der Waals surface area contributed by atoms with E-state index in [9.17, 15) is 0 Å². The van der Waals surface area contributed by atoms with Crippen molar-refractivity contribution < 1.29 is 4.74 Å². The monoisotopic (exact) mass is 318 g/mol. The second-order valence-electron chi connectivity index (χ2n) is 4.02. The number of halogens is 1. The van der Waals surface area contributed by atoms with Gasteiger partial charge in [-0.15, -0.1) is 0 Å². The summed E-state index contributed by atoms with van der Waals surface area (Å²) in [6.07, 6.45) is 0. The maximum absolute atomic E-state index is 5.11. The van der Waals surface area contributed by atoms with Crippen LogP contribution >= 0.6 is 15.9 Å². The van der Waals surface area contributed by atoms with Crippen molar-refractivity contribution >= 4 is 27.3 Å². The Kier molecular flexibility index (Phi) is 4.58. The predicted molar refractivity (Wildman–Crippen MR) is 83.0 cm³/mol. The largest absolute Gasteiger partial charge is 0.497 e. The van der Waals surface area contributed by atoms with Crippen LogP contribution in [0.15, 0.2) is 58.1 Å². The quantitative estimate of drug-likeness (QED) is 0.673. The van der Waals surface area contributed by atoms with Gasteiger partial charge in [0.25, 0.3) is 0 Å². The van der Waals surface area contributed by atoms with E-state index in [1.807, 2.05) is 55.5 Å².